The van der Waals surface area contributed by atoms with Crippen LogP contribution in [0.25, 0.3) is 0 Å². The van der Waals surface area contributed by atoms with Gasteiger partial charge in [0.2, 0.25) is 0 Å². The minimum atomic E-state index is -0.315. The molecule has 68 valence electrons. The minimum Gasteiger partial charge on any atom is -0.439 e. The van der Waals surface area contributed by atoms with E-state index in [1.807, 2.05) is 13.8 Å². The number of alkyl carbamates (subject to hydrolysis) is 1. The Balaban J connectivity index is 2.29. The second-order valence-electron chi connectivity index (χ2n) is 4.06. The molecule has 0 saturated carbocycles. The second-order valence-corrected chi connectivity index (χ2v) is 4.06. The Bertz CT molecular complexity index is 219. The van der Waals surface area contributed by atoms with E-state index in [4.69, 9.17) is 4.74 Å². The topological polar surface area (TPSA) is 50.4 Å². The maximum atomic E-state index is 11.1. The Morgan fingerprint density at radius 3 is 2.67 bits per heavy atom. The molecule has 4 nitrogen and oxygen atoms in total. The maximum absolute atomic E-state index is 11.1. The summed E-state index contributed by atoms with van der Waals surface area (Å²) in [6.07, 6.45) is 0.613. The molecule has 2 aliphatic heterocycles. The molecule has 2 heterocycles. The quantitative estimate of drug-likeness (QED) is 0.547. The molecule has 0 radical (unpaired) electrons. The zero-order chi connectivity index (χ0) is 8.82. The van der Waals surface area contributed by atoms with E-state index < -0.39 is 0 Å². The number of carbonyl (C=O) groups excluding carboxylic acids is 1. The molecule has 2 fully saturated rings. The molecule has 2 saturated heterocycles. The molecule has 1 atom stereocenters. The minimum absolute atomic E-state index is 0.242. The molecular weight excluding hydrogens is 156 g/mol. The van der Waals surface area contributed by atoms with Crippen molar-refractivity contribution in [1.29, 1.82) is 0 Å². The highest BCUT2D eigenvalue weighted by molar-refractivity contribution is 5.72. The lowest BCUT2D eigenvalue weighted by atomic mass is 9.83. The van der Waals surface area contributed by atoms with Crippen LogP contribution < -0.4 is 10.6 Å². The molecule has 0 unspecified atom stereocenters. The van der Waals surface area contributed by atoms with E-state index in [0.29, 0.717) is 0 Å². The Kier molecular flexibility index (Phi) is 1.39. The fourth-order valence-electron chi connectivity index (χ4n) is 1.99. The standard InChI is InChI=1S/C8H14N2O2/c1-7(2)8(3-4-9-5-8)12-6(11)10-7/h9H,3-5H2,1-2H3,(H,10,11)/t8-/m0/s1. The highest BCUT2D eigenvalue weighted by Crippen LogP contribution is 2.36. The lowest BCUT2D eigenvalue weighted by Gasteiger charge is -2.33. The average molecular weight is 170 g/mol. The molecule has 12 heavy (non-hydrogen) atoms. The van der Waals surface area contributed by atoms with E-state index in [0.717, 1.165) is 19.5 Å². The maximum Gasteiger partial charge on any atom is 0.408 e. The molecule has 2 rings (SSSR count). The number of ether oxygens (including phenoxy) is 1. The van der Waals surface area contributed by atoms with Gasteiger partial charge < -0.3 is 15.4 Å². The fourth-order valence-corrected chi connectivity index (χ4v) is 1.99. The third-order valence-electron chi connectivity index (χ3n) is 2.96. The van der Waals surface area contributed by atoms with Crippen molar-refractivity contribution in [3.8, 4) is 0 Å². The van der Waals surface area contributed by atoms with Gasteiger partial charge in [-0.05, 0) is 20.4 Å². The van der Waals surface area contributed by atoms with Crippen molar-refractivity contribution < 1.29 is 9.53 Å². The van der Waals surface area contributed by atoms with Gasteiger partial charge in [0.05, 0.1) is 5.54 Å². The molecule has 2 aliphatic rings. The summed E-state index contributed by atoms with van der Waals surface area (Å²) in [6.45, 7) is 5.70. The normalized spacial score (nSPS) is 38.3. The number of carbonyl (C=O) groups is 1. The van der Waals surface area contributed by atoms with Crippen molar-refractivity contribution in [2.24, 2.45) is 0 Å². The van der Waals surface area contributed by atoms with Gasteiger partial charge in [0, 0.05) is 13.0 Å². The van der Waals surface area contributed by atoms with E-state index in [1.54, 1.807) is 0 Å². The van der Waals surface area contributed by atoms with Gasteiger partial charge in [-0.15, -0.1) is 0 Å². The summed E-state index contributed by atoms with van der Waals surface area (Å²) >= 11 is 0. The number of amides is 1. The largest absolute Gasteiger partial charge is 0.439 e. The lowest BCUT2D eigenvalue weighted by molar-refractivity contribution is 0.0289. The van der Waals surface area contributed by atoms with Crippen molar-refractivity contribution in [1.82, 2.24) is 10.6 Å². The van der Waals surface area contributed by atoms with Crippen LogP contribution in [0.1, 0.15) is 20.3 Å². The van der Waals surface area contributed by atoms with Gasteiger partial charge in [-0.3, -0.25) is 0 Å². The third kappa shape index (κ3) is 0.843. The summed E-state index contributed by atoms with van der Waals surface area (Å²) in [5, 5.41) is 6.04. The predicted octanol–water partition coefficient (Wildman–Crippen LogP) is 0.237. The number of hydrogen-bond acceptors (Lipinski definition) is 3. The number of rotatable bonds is 0. The van der Waals surface area contributed by atoms with Gasteiger partial charge in [0.25, 0.3) is 0 Å². The predicted molar refractivity (Wildman–Crippen MR) is 43.9 cm³/mol. The van der Waals surface area contributed by atoms with Crippen LogP contribution in [0.2, 0.25) is 0 Å². The molecule has 0 aromatic heterocycles. The zero-order valence-corrected chi connectivity index (χ0v) is 7.44. The average Bonchev–Trinajstić information content (AvgIpc) is 2.42. The van der Waals surface area contributed by atoms with Crippen LogP contribution in [0.3, 0.4) is 0 Å². The molecule has 2 N–H and O–H groups in total. The highest BCUT2D eigenvalue weighted by Gasteiger charge is 2.56. The molecular formula is C8H14N2O2. The summed E-state index contributed by atoms with van der Waals surface area (Å²) < 4.78 is 5.31. The van der Waals surface area contributed by atoms with Crippen molar-refractivity contribution in [3.05, 3.63) is 0 Å². The van der Waals surface area contributed by atoms with E-state index in [-0.39, 0.29) is 17.2 Å². The highest BCUT2D eigenvalue weighted by atomic mass is 16.6. The molecule has 1 spiro atoms. The zero-order valence-electron chi connectivity index (χ0n) is 7.44. The molecule has 0 aromatic carbocycles. The van der Waals surface area contributed by atoms with Gasteiger partial charge in [0.1, 0.15) is 5.60 Å². The summed E-state index contributed by atoms with van der Waals surface area (Å²) in [4.78, 5) is 11.1. The van der Waals surface area contributed by atoms with Gasteiger partial charge in [-0.25, -0.2) is 4.79 Å². The van der Waals surface area contributed by atoms with Gasteiger partial charge in [-0.2, -0.15) is 0 Å². The molecule has 0 bridgehead atoms. The van der Waals surface area contributed by atoms with Crippen LogP contribution in [0, 0.1) is 0 Å². The van der Waals surface area contributed by atoms with Gasteiger partial charge >= 0.3 is 6.09 Å². The van der Waals surface area contributed by atoms with Crippen molar-refractivity contribution in [3.63, 3.8) is 0 Å². The first-order valence-corrected chi connectivity index (χ1v) is 4.28. The Morgan fingerprint density at radius 2 is 2.25 bits per heavy atom. The second kappa shape index (κ2) is 2.13. The van der Waals surface area contributed by atoms with Crippen molar-refractivity contribution in [2.45, 2.75) is 31.4 Å². The summed E-state index contributed by atoms with van der Waals surface area (Å²) in [5.41, 5.74) is -0.558. The number of nitrogens with one attached hydrogen (secondary N) is 2. The van der Waals surface area contributed by atoms with E-state index in [9.17, 15) is 4.79 Å². The first-order valence-electron chi connectivity index (χ1n) is 4.28. The first-order chi connectivity index (χ1) is 5.56. The van der Waals surface area contributed by atoms with Gasteiger partial charge in [0.15, 0.2) is 0 Å². The van der Waals surface area contributed by atoms with Crippen LogP contribution in [-0.2, 0) is 4.74 Å². The first kappa shape index (κ1) is 7.86. The van der Waals surface area contributed by atoms with Crippen molar-refractivity contribution in [2.75, 3.05) is 13.1 Å². The molecule has 0 aliphatic carbocycles. The summed E-state index contributed by atoms with van der Waals surface area (Å²) in [5.74, 6) is 0. The van der Waals surface area contributed by atoms with Crippen molar-refractivity contribution >= 4 is 6.09 Å². The smallest absolute Gasteiger partial charge is 0.408 e. The monoisotopic (exact) mass is 170 g/mol. The van der Waals surface area contributed by atoms with E-state index >= 15 is 0 Å². The van der Waals surface area contributed by atoms with Gasteiger partial charge in [-0.1, -0.05) is 0 Å². The molecule has 4 heteroatoms. The molecule has 0 aromatic rings. The van der Waals surface area contributed by atoms with Crippen LogP contribution in [-0.4, -0.2) is 30.3 Å². The number of hydrogen-bond donors (Lipinski definition) is 2. The molecule has 1 amide bonds. The Labute approximate surface area is 71.7 Å². The van der Waals surface area contributed by atoms with E-state index in [1.165, 1.54) is 0 Å². The summed E-state index contributed by atoms with van der Waals surface area (Å²) in [6, 6.07) is 0. The summed E-state index contributed by atoms with van der Waals surface area (Å²) in [7, 11) is 0. The van der Waals surface area contributed by atoms with E-state index in [2.05, 4.69) is 10.6 Å². The van der Waals surface area contributed by atoms with Crippen LogP contribution in [0.5, 0.6) is 0 Å². The van der Waals surface area contributed by atoms with Crippen LogP contribution in [0.4, 0.5) is 4.79 Å². The fraction of sp³-hybridized carbons (Fsp3) is 0.875. The Morgan fingerprint density at radius 1 is 1.50 bits per heavy atom. The van der Waals surface area contributed by atoms with Crippen LogP contribution >= 0.6 is 0 Å². The Hall–Kier alpha value is -0.770. The third-order valence-corrected chi connectivity index (χ3v) is 2.96. The lowest BCUT2D eigenvalue weighted by Crippen LogP contribution is -2.53. The van der Waals surface area contributed by atoms with Crippen LogP contribution in [0.15, 0.2) is 0 Å². The SMILES string of the molecule is CC1(C)NC(=O)O[C@]12CCNC2.